The lowest BCUT2D eigenvalue weighted by molar-refractivity contribution is 0.0351. The lowest BCUT2D eigenvalue weighted by atomic mass is 10.2. The van der Waals surface area contributed by atoms with Crippen molar-refractivity contribution >= 4 is 59.9 Å². The maximum Gasteiger partial charge on any atom is 0.664 e. The van der Waals surface area contributed by atoms with Crippen molar-refractivity contribution in [1.82, 2.24) is 0 Å². The van der Waals surface area contributed by atoms with Crippen LogP contribution < -0.4 is 0 Å². The van der Waals surface area contributed by atoms with Crippen LogP contribution in [0.5, 0.6) is 0 Å². The first-order chi connectivity index (χ1) is 14.6. The highest BCUT2D eigenvalue weighted by Crippen LogP contribution is 2.40. The van der Waals surface area contributed by atoms with Gasteiger partial charge in [0, 0.05) is 27.3 Å². The average molecular weight is 607 g/mol. The number of hydrogen-bond donors (Lipinski definition) is 0. The van der Waals surface area contributed by atoms with Gasteiger partial charge in [0.05, 0.1) is 0 Å². The lowest BCUT2D eigenvalue weighted by Crippen LogP contribution is -2.68. The van der Waals surface area contributed by atoms with Crippen LogP contribution in [-0.4, -0.2) is 74.1 Å². The molecule has 0 aliphatic rings. The van der Waals surface area contributed by atoms with Crippen LogP contribution in [0.2, 0.25) is 90.1 Å². The second kappa shape index (κ2) is 11.5. The molecule has 0 aliphatic heterocycles. The Morgan fingerprint density at radius 3 is 0.882 bits per heavy atom. The molecule has 1 atom stereocenters. The second-order valence-electron chi connectivity index (χ2n) is 13.3. The Hall–Kier alpha value is 1.20. The van der Waals surface area contributed by atoms with Crippen molar-refractivity contribution < 1.29 is 33.5 Å². The summed E-state index contributed by atoms with van der Waals surface area (Å²) in [7, 11) is -15.5. The fourth-order valence-electron chi connectivity index (χ4n) is 3.14. The minimum Gasteiger partial charge on any atom is -0.417 e. The van der Waals surface area contributed by atoms with Crippen LogP contribution in [0.25, 0.3) is 0 Å². The molecular formula is C19H54O8Si7. The minimum atomic E-state index is -3.76. The Labute approximate surface area is 218 Å². The largest absolute Gasteiger partial charge is 0.664 e. The maximum atomic E-state index is 6.86. The molecule has 15 heteroatoms. The van der Waals surface area contributed by atoms with E-state index in [0.717, 1.165) is 0 Å². The third-order valence-electron chi connectivity index (χ3n) is 4.84. The molecule has 0 saturated carbocycles. The monoisotopic (exact) mass is 606 g/mol. The summed E-state index contributed by atoms with van der Waals surface area (Å²) in [6.45, 7) is 33.9. The normalized spacial score (nSPS) is 17.1. The molecule has 0 spiro atoms. The van der Waals surface area contributed by atoms with Gasteiger partial charge in [-0.25, -0.2) is 0 Å². The molecule has 0 saturated heterocycles. The van der Waals surface area contributed by atoms with Crippen molar-refractivity contribution in [2.45, 2.75) is 111 Å². The molecule has 0 N–H and O–H groups in total. The molecule has 0 rings (SSSR count). The zero-order valence-electron chi connectivity index (χ0n) is 25.3. The zero-order valence-corrected chi connectivity index (χ0v) is 32.3. The van der Waals surface area contributed by atoms with Crippen LogP contribution in [0.3, 0.4) is 0 Å². The van der Waals surface area contributed by atoms with E-state index in [4.69, 9.17) is 33.5 Å². The van der Waals surface area contributed by atoms with E-state index >= 15 is 0 Å². The van der Waals surface area contributed by atoms with Gasteiger partial charge in [-0.05, 0) is 77.1 Å². The minimum absolute atomic E-state index is 0.0240. The SMILES string of the molecule is CO[Si](OC)(O[Si](C)(O[Si](C)(C)C)O[Si](C)(C)C)O[Si](C)(O[Si](C)(C)C)O[Si](C)(C)C(C)(C)C. The van der Waals surface area contributed by atoms with E-state index in [9.17, 15) is 0 Å². The summed E-state index contributed by atoms with van der Waals surface area (Å²) in [5, 5.41) is -0.0240. The fourth-order valence-corrected chi connectivity index (χ4v) is 30.3. The standard InChI is InChI=1S/C19H54O8Si7/c1-19(2,3)31(15,16)25-33(18,24-30(12,13)14)27-34(20-4,21-5)26-32(17,22-28(6,7)8)23-29(9,10)11/h1-18H3. The van der Waals surface area contributed by atoms with Crippen molar-refractivity contribution in [3.63, 3.8) is 0 Å². The molecule has 0 aromatic carbocycles. The lowest BCUT2D eigenvalue weighted by Gasteiger charge is -2.47. The molecule has 0 aromatic heterocycles. The highest BCUT2D eigenvalue weighted by molar-refractivity contribution is 6.91. The zero-order chi connectivity index (χ0) is 27.7. The Bertz CT molecular complexity index is 633. The first kappa shape index (κ1) is 35.2. The third kappa shape index (κ3) is 12.6. The van der Waals surface area contributed by atoms with Gasteiger partial charge in [0.1, 0.15) is 0 Å². The fraction of sp³-hybridized carbons (Fsp3) is 1.00. The predicted molar refractivity (Wildman–Crippen MR) is 157 cm³/mol. The summed E-state index contributed by atoms with van der Waals surface area (Å²) < 4.78 is 51.7. The van der Waals surface area contributed by atoms with Gasteiger partial charge in [0.25, 0.3) is 0 Å². The average Bonchev–Trinajstić information content (AvgIpc) is 2.45. The first-order valence-electron chi connectivity index (χ1n) is 11.9. The molecular weight excluding hydrogens is 553 g/mol. The van der Waals surface area contributed by atoms with Crippen LogP contribution >= 0.6 is 0 Å². The quantitative estimate of drug-likeness (QED) is 0.209. The topological polar surface area (TPSA) is 73.8 Å². The predicted octanol–water partition coefficient (Wildman–Crippen LogP) is 6.46. The van der Waals surface area contributed by atoms with Gasteiger partial charge in [-0.15, -0.1) is 0 Å². The van der Waals surface area contributed by atoms with E-state index in [1.807, 2.05) is 13.1 Å². The van der Waals surface area contributed by atoms with Crippen molar-refractivity contribution in [2.75, 3.05) is 14.2 Å². The summed E-state index contributed by atoms with van der Waals surface area (Å²) in [5.74, 6) is 0. The van der Waals surface area contributed by atoms with Gasteiger partial charge in [-0.1, -0.05) is 20.8 Å². The summed E-state index contributed by atoms with van der Waals surface area (Å²) in [6.07, 6.45) is 0. The Morgan fingerprint density at radius 1 is 0.412 bits per heavy atom. The van der Waals surface area contributed by atoms with Crippen LogP contribution in [0.15, 0.2) is 0 Å². The third-order valence-corrected chi connectivity index (χ3v) is 29.7. The van der Waals surface area contributed by atoms with Gasteiger partial charge in [-0.2, -0.15) is 0 Å². The van der Waals surface area contributed by atoms with E-state index in [2.05, 4.69) is 92.8 Å². The molecule has 8 nitrogen and oxygen atoms in total. The molecule has 0 bridgehead atoms. The molecule has 0 fully saturated rings. The van der Waals surface area contributed by atoms with Crippen molar-refractivity contribution in [2.24, 2.45) is 0 Å². The van der Waals surface area contributed by atoms with Gasteiger partial charge >= 0.3 is 26.7 Å². The molecule has 1 unspecified atom stereocenters. The molecule has 0 heterocycles. The van der Waals surface area contributed by atoms with Crippen LogP contribution in [0.4, 0.5) is 0 Å². The van der Waals surface area contributed by atoms with Crippen LogP contribution in [-0.2, 0) is 33.5 Å². The molecule has 0 amide bonds. The van der Waals surface area contributed by atoms with Crippen molar-refractivity contribution in [1.29, 1.82) is 0 Å². The first-order valence-corrected chi connectivity index (χ1v) is 31.1. The molecule has 206 valence electrons. The van der Waals surface area contributed by atoms with E-state index in [1.165, 1.54) is 0 Å². The maximum absolute atomic E-state index is 6.86. The van der Waals surface area contributed by atoms with Gasteiger partial charge in [0.2, 0.25) is 0 Å². The van der Waals surface area contributed by atoms with E-state index in [0.29, 0.717) is 0 Å². The Kier molecular flexibility index (Phi) is 11.9. The number of hydrogen-bond acceptors (Lipinski definition) is 8. The van der Waals surface area contributed by atoms with Gasteiger partial charge in [-0.3, -0.25) is 0 Å². The molecule has 0 aliphatic carbocycles. The Morgan fingerprint density at radius 2 is 0.676 bits per heavy atom. The summed E-state index contributed by atoms with van der Waals surface area (Å²) in [4.78, 5) is 0. The van der Waals surface area contributed by atoms with Crippen LogP contribution in [0.1, 0.15) is 20.8 Å². The number of rotatable bonds is 14. The van der Waals surface area contributed by atoms with Crippen LogP contribution in [0, 0.1) is 0 Å². The van der Waals surface area contributed by atoms with E-state index in [1.54, 1.807) is 14.2 Å². The van der Waals surface area contributed by atoms with Gasteiger partial charge < -0.3 is 33.5 Å². The second-order valence-corrected chi connectivity index (χ2v) is 40.7. The highest BCUT2D eigenvalue weighted by Gasteiger charge is 2.62. The summed E-state index contributed by atoms with van der Waals surface area (Å²) in [5.41, 5.74) is 0. The van der Waals surface area contributed by atoms with E-state index in [-0.39, 0.29) is 5.04 Å². The summed E-state index contributed by atoms with van der Waals surface area (Å²) in [6, 6.07) is 0. The molecule has 34 heavy (non-hydrogen) atoms. The van der Waals surface area contributed by atoms with Gasteiger partial charge in [0.15, 0.2) is 33.3 Å². The summed E-state index contributed by atoms with van der Waals surface area (Å²) >= 11 is 0. The smallest absolute Gasteiger partial charge is 0.417 e. The Balaban J connectivity index is 6.48. The molecule has 0 aromatic rings. The van der Waals surface area contributed by atoms with E-state index < -0.39 is 59.9 Å². The highest BCUT2D eigenvalue weighted by atomic mass is 28.6. The molecule has 0 radical (unpaired) electrons. The van der Waals surface area contributed by atoms with Crippen molar-refractivity contribution in [3.8, 4) is 0 Å². The van der Waals surface area contributed by atoms with Crippen molar-refractivity contribution in [3.05, 3.63) is 0 Å².